The van der Waals surface area contributed by atoms with Crippen molar-refractivity contribution in [2.24, 2.45) is 5.41 Å². The van der Waals surface area contributed by atoms with E-state index < -0.39 is 23.5 Å². The SMILES string of the molecule is C[C@@H]1COc2cc(-c3nnc(C(F)F)o3)cc(F)c2CN1C(=O)C1(C)CCOCC1. The molecule has 1 saturated heterocycles. The number of hydrogen-bond donors (Lipinski definition) is 0. The molecule has 1 aromatic carbocycles. The van der Waals surface area contributed by atoms with Gasteiger partial charge < -0.3 is 18.8 Å². The molecule has 7 nitrogen and oxygen atoms in total. The van der Waals surface area contributed by atoms with Crippen LogP contribution in [0.25, 0.3) is 11.5 Å². The molecule has 0 bridgehead atoms. The zero-order chi connectivity index (χ0) is 21.5. The van der Waals surface area contributed by atoms with Crippen molar-refractivity contribution in [3.63, 3.8) is 0 Å². The Morgan fingerprint density at radius 3 is 2.67 bits per heavy atom. The van der Waals surface area contributed by atoms with E-state index in [0.717, 1.165) is 6.07 Å². The second-order valence-corrected chi connectivity index (χ2v) is 7.95. The standard InChI is InChI=1S/C20H22F3N3O4/c1-11-10-29-15-8-12(17-24-25-18(30-17)16(22)23)7-14(21)13(15)9-26(11)19(27)20(2)3-5-28-6-4-20/h7-8,11,16H,3-6,9-10H2,1-2H3/t11-/m1/s1. The molecule has 0 unspecified atom stereocenters. The summed E-state index contributed by atoms with van der Waals surface area (Å²) in [6.07, 6.45) is -1.71. The third-order valence-corrected chi connectivity index (χ3v) is 5.74. The van der Waals surface area contributed by atoms with Gasteiger partial charge in [0.05, 0.1) is 18.0 Å². The Kier molecular flexibility index (Phi) is 5.44. The van der Waals surface area contributed by atoms with Gasteiger partial charge in [0.25, 0.3) is 5.89 Å². The Bertz CT molecular complexity index is 943. The number of fused-ring (bicyclic) bond motifs is 1. The van der Waals surface area contributed by atoms with E-state index in [4.69, 9.17) is 13.9 Å². The van der Waals surface area contributed by atoms with Crippen LogP contribution < -0.4 is 4.74 Å². The highest BCUT2D eigenvalue weighted by molar-refractivity contribution is 5.83. The summed E-state index contributed by atoms with van der Waals surface area (Å²) in [5.74, 6) is -1.53. The number of benzene rings is 1. The smallest absolute Gasteiger partial charge is 0.314 e. The lowest BCUT2D eigenvalue weighted by molar-refractivity contribution is -0.149. The predicted molar refractivity (Wildman–Crippen MR) is 98.3 cm³/mol. The lowest BCUT2D eigenvalue weighted by atomic mass is 9.80. The molecule has 1 amide bonds. The van der Waals surface area contributed by atoms with Crippen LogP contribution in [0.2, 0.25) is 0 Å². The van der Waals surface area contributed by atoms with Crippen molar-refractivity contribution < 1.29 is 31.9 Å². The molecule has 0 N–H and O–H groups in total. The van der Waals surface area contributed by atoms with Gasteiger partial charge in [-0.15, -0.1) is 10.2 Å². The molecule has 10 heteroatoms. The Morgan fingerprint density at radius 2 is 2.00 bits per heavy atom. The van der Waals surface area contributed by atoms with Crippen LogP contribution in [0.15, 0.2) is 16.5 Å². The molecule has 1 fully saturated rings. The highest BCUT2D eigenvalue weighted by Crippen LogP contribution is 2.37. The van der Waals surface area contributed by atoms with Gasteiger partial charge >= 0.3 is 6.43 Å². The summed E-state index contributed by atoms with van der Waals surface area (Å²) in [4.78, 5) is 14.9. The van der Waals surface area contributed by atoms with Gasteiger partial charge in [-0.3, -0.25) is 4.79 Å². The summed E-state index contributed by atoms with van der Waals surface area (Å²) in [6, 6.07) is 2.32. The van der Waals surface area contributed by atoms with Crippen molar-refractivity contribution in [3.05, 3.63) is 29.4 Å². The van der Waals surface area contributed by atoms with E-state index in [9.17, 15) is 18.0 Å². The first-order valence-corrected chi connectivity index (χ1v) is 9.74. The number of nitrogens with zero attached hydrogens (tertiary/aromatic N) is 3. The van der Waals surface area contributed by atoms with E-state index in [0.29, 0.717) is 26.1 Å². The third-order valence-electron chi connectivity index (χ3n) is 5.74. The molecule has 3 heterocycles. The van der Waals surface area contributed by atoms with Crippen molar-refractivity contribution in [2.45, 2.75) is 45.7 Å². The fourth-order valence-electron chi connectivity index (χ4n) is 3.74. The first-order chi connectivity index (χ1) is 14.3. The van der Waals surface area contributed by atoms with E-state index in [1.54, 1.807) is 4.90 Å². The lowest BCUT2D eigenvalue weighted by Gasteiger charge is -2.38. The van der Waals surface area contributed by atoms with Crippen LogP contribution in [-0.2, 0) is 16.1 Å². The van der Waals surface area contributed by atoms with Gasteiger partial charge in [0.15, 0.2) is 0 Å². The maximum Gasteiger partial charge on any atom is 0.314 e. The second kappa shape index (κ2) is 7.90. The van der Waals surface area contributed by atoms with Crippen LogP contribution in [0.5, 0.6) is 5.75 Å². The average Bonchev–Trinajstić information content (AvgIpc) is 3.15. The molecular weight excluding hydrogens is 403 g/mol. The molecule has 2 aromatic rings. The number of aromatic nitrogens is 2. The van der Waals surface area contributed by atoms with E-state index in [-0.39, 0.29) is 47.9 Å². The molecule has 0 saturated carbocycles. The van der Waals surface area contributed by atoms with Crippen molar-refractivity contribution in [1.29, 1.82) is 0 Å². The molecule has 30 heavy (non-hydrogen) atoms. The van der Waals surface area contributed by atoms with Crippen LogP contribution in [-0.4, -0.2) is 46.9 Å². The highest BCUT2D eigenvalue weighted by atomic mass is 19.3. The van der Waals surface area contributed by atoms with E-state index in [1.165, 1.54) is 6.07 Å². The summed E-state index contributed by atoms with van der Waals surface area (Å²) in [5, 5.41) is 6.82. The number of carbonyl (C=O) groups is 1. The molecule has 0 radical (unpaired) electrons. The molecule has 2 aliphatic rings. The molecule has 1 aromatic heterocycles. The third kappa shape index (κ3) is 3.76. The zero-order valence-electron chi connectivity index (χ0n) is 16.7. The molecule has 0 spiro atoms. The number of alkyl halides is 2. The molecule has 162 valence electrons. The summed E-state index contributed by atoms with van der Waals surface area (Å²) in [7, 11) is 0. The highest BCUT2D eigenvalue weighted by Gasteiger charge is 2.41. The summed E-state index contributed by atoms with van der Waals surface area (Å²) in [5.41, 5.74) is -0.210. The number of hydrogen-bond acceptors (Lipinski definition) is 6. The fraction of sp³-hybridized carbons (Fsp3) is 0.550. The summed E-state index contributed by atoms with van der Waals surface area (Å²) in [6.45, 7) is 5.00. The van der Waals surface area contributed by atoms with Crippen LogP contribution in [0.1, 0.15) is 44.6 Å². The Hall–Kier alpha value is -2.62. The zero-order valence-corrected chi connectivity index (χ0v) is 16.7. The van der Waals surface area contributed by atoms with Gasteiger partial charge in [0, 0.05) is 24.3 Å². The lowest BCUT2D eigenvalue weighted by Crippen LogP contribution is -2.49. The quantitative estimate of drug-likeness (QED) is 0.746. The minimum atomic E-state index is -2.92. The number of halogens is 3. The molecular formula is C20H22F3N3O4. The summed E-state index contributed by atoms with van der Waals surface area (Å²) < 4.78 is 56.5. The van der Waals surface area contributed by atoms with Crippen molar-refractivity contribution >= 4 is 5.91 Å². The van der Waals surface area contributed by atoms with E-state index >= 15 is 0 Å². The van der Waals surface area contributed by atoms with Gasteiger partial charge in [0.1, 0.15) is 18.2 Å². The van der Waals surface area contributed by atoms with Gasteiger partial charge in [-0.2, -0.15) is 8.78 Å². The molecule has 2 aliphatic heterocycles. The first kappa shape index (κ1) is 20.6. The number of amides is 1. The van der Waals surface area contributed by atoms with E-state index in [2.05, 4.69) is 10.2 Å². The molecule has 1 atom stereocenters. The first-order valence-electron chi connectivity index (χ1n) is 9.74. The van der Waals surface area contributed by atoms with E-state index in [1.807, 2.05) is 13.8 Å². The maximum absolute atomic E-state index is 15.0. The number of carbonyl (C=O) groups excluding carboxylic acids is 1. The Balaban J connectivity index is 1.64. The molecule has 0 aliphatic carbocycles. The number of ether oxygens (including phenoxy) is 2. The predicted octanol–water partition coefficient (Wildman–Crippen LogP) is 3.74. The number of rotatable bonds is 3. The van der Waals surface area contributed by atoms with Crippen molar-refractivity contribution in [1.82, 2.24) is 15.1 Å². The second-order valence-electron chi connectivity index (χ2n) is 7.95. The topological polar surface area (TPSA) is 77.7 Å². The minimum absolute atomic E-state index is 0.0456. The summed E-state index contributed by atoms with van der Waals surface area (Å²) >= 11 is 0. The van der Waals surface area contributed by atoms with Gasteiger partial charge in [-0.05, 0) is 31.9 Å². The normalized spacial score (nSPS) is 21.1. The largest absolute Gasteiger partial charge is 0.491 e. The maximum atomic E-state index is 15.0. The van der Waals surface area contributed by atoms with Crippen LogP contribution in [0.3, 0.4) is 0 Å². The van der Waals surface area contributed by atoms with Gasteiger partial charge in [0.2, 0.25) is 11.8 Å². The van der Waals surface area contributed by atoms with Gasteiger partial charge in [-0.25, -0.2) is 4.39 Å². The minimum Gasteiger partial charge on any atom is -0.491 e. The molecule has 4 rings (SSSR count). The monoisotopic (exact) mass is 425 g/mol. The van der Waals surface area contributed by atoms with Crippen LogP contribution in [0, 0.1) is 11.2 Å². The van der Waals surface area contributed by atoms with Crippen molar-refractivity contribution in [2.75, 3.05) is 19.8 Å². The fourth-order valence-corrected chi connectivity index (χ4v) is 3.74. The van der Waals surface area contributed by atoms with Gasteiger partial charge in [-0.1, -0.05) is 6.92 Å². The van der Waals surface area contributed by atoms with Crippen LogP contribution in [0.4, 0.5) is 13.2 Å². The average molecular weight is 425 g/mol. The van der Waals surface area contributed by atoms with Crippen molar-refractivity contribution in [3.8, 4) is 17.2 Å². The Morgan fingerprint density at radius 1 is 1.27 bits per heavy atom. The Labute approximate surface area is 171 Å². The van der Waals surface area contributed by atoms with Crippen LogP contribution >= 0.6 is 0 Å².